The molecule has 0 bridgehead atoms. The molecule has 0 spiro atoms. The van der Waals surface area contributed by atoms with E-state index in [0.717, 1.165) is 17.4 Å². The van der Waals surface area contributed by atoms with Crippen LogP contribution in [0.2, 0.25) is 0 Å². The Hall–Kier alpha value is -0.320. The zero-order chi connectivity index (χ0) is 12.5. The van der Waals surface area contributed by atoms with Crippen LogP contribution >= 0.6 is 23.5 Å². The van der Waals surface area contributed by atoms with Gasteiger partial charge in [0.1, 0.15) is 11.9 Å². The molecule has 0 aromatic rings. The van der Waals surface area contributed by atoms with Crippen LogP contribution < -0.4 is 0 Å². The van der Waals surface area contributed by atoms with Gasteiger partial charge in [-0.15, -0.1) is 0 Å². The highest BCUT2D eigenvalue weighted by atomic mass is 35.5. The smallest absolute Gasteiger partial charge is 0.321 e. The van der Waals surface area contributed by atoms with Gasteiger partial charge >= 0.3 is 5.97 Å². The van der Waals surface area contributed by atoms with E-state index in [-0.39, 0.29) is 5.24 Å². The molecule has 0 aromatic carbocycles. The zero-order valence-corrected chi connectivity index (χ0v) is 11.1. The number of quaternary nitrogens is 1. The van der Waals surface area contributed by atoms with E-state index < -0.39 is 5.97 Å². The highest BCUT2D eigenvalue weighted by molar-refractivity contribution is 6.63. The number of nitrogens with zero attached hydrogens (tertiary/aromatic N) is 1. The van der Waals surface area contributed by atoms with E-state index in [1.807, 2.05) is 0 Å². The predicted molar refractivity (Wildman–Crippen MR) is 60.6 cm³/mol. The van der Waals surface area contributed by atoms with Crippen LogP contribution in [0.4, 0.5) is 0 Å². The number of halogens is 2. The fourth-order valence-corrected chi connectivity index (χ4v) is 0.826. The minimum atomic E-state index is -0.480. The first-order valence-corrected chi connectivity index (χ1v) is 5.15. The summed E-state index contributed by atoms with van der Waals surface area (Å²) in [5.74, 6) is -0.480. The molecular weight excluding hydrogens is 241 g/mol. The van der Waals surface area contributed by atoms with E-state index in [4.69, 9.17) is 11.6 Å². The van der Waals surface area contributed by atoms with Crippen molar-refractivity contribution in [2.75, 3.05) is 27.7 Å². The third kappa shape index (κ3) is 24.8. The average Bonchev–Trinajstić information content (AvgIpc) is 2.02. The molecule has 4 nitrogen and oxygen atoms in total. The van der Waals surface area contributed by atoms with E-state index in [0.29, 0.717) is 6.42 Å². The maximum Gasteiger partial charge on any atom is 0.321 e. The molecular formula is C9H18Cl2NO3+. The van der Waals surface area contributed by atoms with E-state index in [1.54, 1.807) is 0 Å². The third-order valence-electron chi connectivity index (χ3n) is 1.31. The molecule has 0 saturated carbocycles. The van der Waals surface area contributed by atoms with Crippen LogP contribution in [0, 0.1) is 0 Å². The maximum atomic E-state index is 10.3. The quantitative estimate of drug-likeness (QED) is 0.572. The van der Waals surface area contributed by atoms with Crippen LogP contribution in [0.5, 0.6) is 0 Å². The predicted octanol–water partition coefficient (Wildman–Crippen LogP) is 1.94. The number of rotatable bonds is 4. The normalized spacial score (nSPS) is 10.0. The molecule has 90 valence electrons. The van der Waals surface area contributed by atoms with Crippen molar-refractivity contribution in [1.82, 2.24) is 0 Å². The summed E-state index contributed by atoms with van der Waals surface area (Å²) in [6, 6.07) is 0. The Morgan fingerprint density at radius 1 is 1.27 bits per heavy atom. The van der Waals surface area contributed by atoms with Crippen LogP contribution in [-0.4, -0.2) is 43.4 Å². The molecule has 0 fully saturated rings. The molecule has 0 heterocycles. The van der Waals surface area contributed by atoms with E-state index in [2.05, 4.69) is 37.3 Å². The van der Waals surface area contributed by atoms with Gasteiger partial charge < -0.3 is 8.77 Å². The lowest BCUT2D eigenvalue weighted by Crippen LogP contribution is -2.35. The van der Waals surface area contributed by atoms with Crippen LogP contribution in [0.3, 0.4) is 0 Å². The molecule has 0 radical (unpaired) electrons. The second-order valence-electron chi connectivity index (χ2n) is 4.04. The number of hydrogen-bond donors (Lipinski definition) is 0. The Morgan fingerprint density at radius 2 is 1.67 bits per heavy atom. The van der Waals surface area contributed by atoms with Crippen molar-refractivity contribution in [3.63, 3.8) is 0 Å². The van der Waals surface area contributed by atoms with Gasteiger partial charge in [-0.25, -0.2) is 0 Å². The second-order valence-corrected chi connectivity index (χ2v) is 4.62. The van der Waals surface area contributed by atoms with Crippen molar-refractivity contribution in [2.24, 2.45) is 0 Å². The number of hydrogen-bond acceptors (Lipinski definition) is 3. The largest absolute Gasteiger partial charge is 0.348 e. The Balaban J connectivity index is 0. The topological polar surface area (TPSA) is 43.4 Å². The van der Waals surface area contributed by atoms with Crippen molar-refractivity contribution in [3.05, 3.63) is 0 Å². The minimum absolute atomic E-state index is 0.228. The van der Waals surface area contributed by atoms with Gasteiger partial charge in [0.25, 0.3) is 0 Å². The highest BCUT2D eigenvalue weighted by Crippen LogP contribution is 1.99. The molecule has 6 heteroatoms. The van der Waals surface area contributed by atoms with Crippen molar-refractivity contribution in [2.45, 2.75) is 19.8 Å². The van der Waals surface area contributed by atoms with Gasteiger partial charge in [0, 0.05) is 19.8 Å². The van der Waals surface area contributed by atoms with Crippen LogP contribution in [-0.2, 0) is 13.9 Å². The lowest BCUT2D eigenvalue weighted by Gasteiger charge is -2.23. The minimum Gasteiger partial charge on any atom is -0.348 e. The lowest BCUT2D eigenvalue weighted by atomic mass is 10.3. The van der Waals surface area contributed by atoms with Gasteiger partial charge in [0.2, 0.25) is 5.24 Å². The summed E-state index contributed by atoms with van der Waals surface area (Å²) >= 11 is 9.65. The molecule has 0 aromatic heterocycles. The molecule has 0 aliphatic heterocycles. The van der Waals surface area contributed by atoms with Crippen molar-refractivity contribution < 1.29 is 18.4 Å². The Kier molecular flexibility index (Phi) is 10.2. The maximum absolute atomic E-state index is 10.3. The van der Waals surface area contributed by atoms with Crippen molar-refractivity contribution in [1.29, 1.82) is 0 Å². The summed E-state index contributed by atoms with van der Waals surface area (Å²) < 4.78 is 4.48. The summed E-state index contributed by atoms with van der Waals surface area (Å²) in [5, 5.41) is -0.228. The van der Waals surface area contributed by atoms with Crippen molar-refractivity contribution >= 4 is 34.7 Å². The van der Waals surface area contributed by atoms with Gasteiger partial charge in [-0.3, -0.25) is 9.59 Å². The van der Waals surface area contributed by atoms with Crippen LogP contribution in [0.1, 0.15) is 19.8 Å². The van der Waals surface area contributed by atoms with E-state index in [1.165, 1.54) is 6.92 Å². The fourth-order valence-electron chi connectivity index (χ4n) is 0.692. The highest BCUT2D eigenvalue weighted by Gasteiger charge is 2.06. The van der Waals surface area contributed by atoms with Gasteiger partial charge in [0.05, 0.1) is 27.7 Å². The molecule has 0 N–H and O–H groups in total. The van der Waals surface area contributed by atoms with Crippen molar-refractivity contribution in [3.8, 4) is 0 Å². The van der Waals surface area contributed by atoms with Gasteiger partial charge in [0.15, 0.2) is 0 Å². The molecule has 15 heavy (non-hydrogen) atoms. The molecule has 0 rings (SSSR count). The van der Waals surface area contributed by atoms with E-state index in [9.17, 15) is 9.59 Å². The standard InChI is InChI=1S/C7H15ClNO.C2H3ClO2/c1-9(2,3)6-4-5-7(8)10;1-2(4)5-3/h4-6H2,1-3H3;1H3/q+1;. The average molecular weight is 259 g/mol. The summed E-state index contributed by atoms with van der Waals surface area (Å²) in [5.41, 5.74) is 0. The van der Waals surface area contributed by atoms with Crippen LogP contribution in [0.15, 0.2) is 0 Å². The number of carbonyl (C=O) groups is 2. The Morgan fingerprint density at radius 3 is 1.87 bits per heavy atom. The zero-order valence-electron chi connectivity index (χ0n) is 9.55. The Labute approximate surface area is 101 Å². The first-order chi connectivity index (χ1) is 6.69. The fraction of sp³-hybridized carbons (Fsp3) is 0.778. The van der Waals surface area contributed by atoms with Gasteiger partial charge in [-0.1, -0.05) is 0 Å². The Bertz CT molecular complexity index is 202. The van der Waals surface area contributed by atoms with Crippen LogP contribution in [0.25, 0.3) is 0 Å². The lowest BCUT2D eigenvalue weighted by molar-refractivity contribution is -0.870. The summed E-state index contributed by atoms with van der Waals surface area (Å²) in [7, 11) is 6.29. The number of carbonyl (C=O) groups excluding carboxylic acids is 2. The monoisotopic (exact) mass is 258 g/mol. The van der Waals surface area contributed by atoms with E-state index >= 15 is 0 Å². The van der Waals surface area contributed by atoms with Gasteiger partial charge in [-0.05, 0) is 11.6 Å². The first-order valence-electron chi connectivity index (χ1n) is 4.47. The molecule has 0 aliphatic rings. The molecule has 0 aliphatic carbocycles. The summed E-state index contributed by atoms with van der Waals surface area (Å²) in [4.78, 5) is 19.7. The third-order valence-corrected chi connectivity index (χ3v) is 1.72. The second kappa shape index (κ2) is 8.95. The van der Waals surface area contributed by atoms with Gasteiger partial charge in [-0.2, -0.15) is 0 Å². The molecule has 0 amide bonds. The molecule has 0 atom stereocenters. The molecule has 0 saturated heterocycles. The summed E-state index contributed by atoms with van der Waals surface area (Å²) in [6.07, 6.45) is 1.38. The SMILES string of the molecule is CC(=O)OCl.C[N+](C)(C)CCCC(=O)Cl. The first kappa shape index (κ1) is 17.1. The molecule has 0 unspecified atom stereocenters. The summed E-state index contributed by atoms with van der Waals surface area (Å²) in [6.45, 7) is 2.23.